The highest BCUT2D eigenvalue weighted by atomic mass is 16.7. The summed E-state index contributed by atoms with van der Waals surface area (Å²) in [5.74, 6) is 0.0972. The second-order valence-electron chi connectivity index (χ2n) is 11.4. The normalized spacial score (nSPS) is 22.6. The molecule has 7 nitrogen and oxygen atoms in total. The minimum absolute atomic E-state index is 0.00629. The topological polar surface area (TPSA) is 83.1 Å². The molecule has 0 radical (unpaired) electrons. The smallest absolute Gasteiger partial charge is 0.319 e. The standard InChI is InChI=1S/C35H43N3O4/c1-3-20-38(31-14-7-8-15-31)23-32-25(2)33(28-18-16-27(24-39)17-19-28)42-34(41-32)29-12-9-13-30(21-29)37-35(40)36-22-26-10-5-4-6-11-26/h3-6,9-13,16-19,21,25,31-34,39H,1,7-8,14-15,20,22-24H2,2H3,(H2,36,37,40)/t25-,32+,33+,34+/m0/s1. The lowest BCUT2D eigenvalue weighted by Crippen LogP contribution is -2.47. The van der Waals surface area contributed by atoms with Crippen LogP contribution < -0.4 is 10.6 Å². The van der Waals surface area contributed by atoms with E-state index in [1.54, 1.807) is 0 Å². The number of benzene rings is 3. The number of ether oxygens (including phenoxy) is 2. The molecule has 42 heavy (non-hydrogen) atoms. The number of hydrogen-bond donors (Lipinski definition) is 3. The summed E-state index contributed by atoms with van der Waals surface area (Å²) in [5.41, 5.74) is 4.48. The van der Waals surface area contributed by atoms with Gasteiger partial charge in [-0.25, -0.2) is 4.79 Å². The summed E-state index contributed by atoms with van der Waals surface area (Å²) < 4.78 is 13.4. The number of nitrogens with one attached hydrogen (secondary N) is 2. The molecule has 7 heteroatoms. The Morgan fingerprint density at radius 1 is 0.976 bits per heavy atom. The number of hydrogen-bond acceptors (Lipinski definition) is 5. The Hall–Kier alpha value is -3.49. The minimum Gasteiger partial charge on any atom is -0.392 e. The second-order valence-corrected chi connectivity index (χ2v) is 11.4. The molecule has 0 spiro atoms. The van der Waals surface area contributed by atoms with Crippen molar-refractivity contribution in [2.24, 2.45) is 5.92 Å². The SMILES string of the molecule is C=CCN(C[C@H]1O[C@@H](c2cccc(NC(=O)NCc3ccccc3)c2)O[C@@H](c2ccc(CO)cc2)[C@H]1C)C1CCCC1. The third-order valence-electron chi connectivity index (χ3n) is 8.46. The van der Waals surface area contributed by atoms with E-state index in [1.165, 1.54) is 25.7 Å². The van der Waals surface area contributed by atoms with Crippen LogP contribution in [0.3, 0.4) is 0 Å². The van der Waals surface area contributed by atoms with E-state index < -0.39 is 6.29 Å². The van der Waals surface area contributed by atoms with E-state index >= 15 is 0 Å². The maximum Gasteiger partial charge on any atom is 0.319 e. The fraction of sp³-hybridized carbons (Fsp3) is 0.400. The highest BCUT2D eigenvalue weighted by Crippen LogP contribution is 2.42. The highest BCUT2D eigenvalue weighted by molar-refractivity contribution is 5.89. The van der Waals surface area contributed by atoms with Gasteiger partial charge in [-0.2, -0.15) is 0 Å². The van der Waals surface area contributed by atoms with E-state index in [0.717, 1.165) is 35.3 Å². The first-order valence-corrected chi connectivity index (χ1v) is 15.1. The van der Waals surface area contributed by atoms with E-state index in [1.807, 2.05) is 84.9 Å². The van der Waals surface area contributed by atoms with Crippen LogP contribution in [0.4, 0.5) is 10.5 Å². The van der Waals surface area contributed by atoms with Crippen molar-refractivity contribution in [3.05, 3.63) is 114 Å². The van der Waals surface area contributed by atoms with Gasteiger partial charge in [0.2, 0.25) is 0 Å². The maximum atomic E-state index is 12.7. The monoisotopic (exact) mass is 569 g/mol. The van der Waals surface area contributed by atoms with Crippen LogP contribution in [-0.2, 0) is 22.6 Å². The van der Waals surface area contributed by atoms with Gasteiger partial charge in [-0.05, 0) is 41.7 Å². The molecule has 1 aliphatic heterocycles. The minimum atomic E-state index is -0.600. The molecule has 0 aromatic heterocycles. The number of urea groups is 1. The van der Waals surface area contributed by atoms with E-state index in [9.17, 15) is 9.90 Å². The molecule has 3 N–H and O–H groups in total. The second kappa shape index (κ2) is 14.6. The van der Waals surface area contributed by atoms with Gasteiger partial charge in [0.25, 0.3) is 0 Å². The molecule has 3 aromatic carbocycles. The summed E-state index contributed by atoms with van der Waals surface area (Å²) >= 11 is 0. The van der Waals surface area contributed by atoms with Crippen LogP contribution in [0.5, 0.6) is 0 Å². The fourth-order valence-corrected chi connectivity index (χ4v) is 6.08. The van der Waals surface area contributed by atoms with Crippen LogP contribution in [0.2, 0.25) is 0 Å². The molecule has 1 heterocycles. The summed E-state index contributed by atoms with van der Waals surface area (Å²) in [5, 5.41) is 15.4. The van der Waals surface area contributed by atoms with Gasteiger partial charge in [0.15, 0.2) is 6.29 Å². The van der Waals surface area contributed by atoms with Gasteiger partial charge in [0.05, 0.1) is 18.8 Å². The molecule has 1 saturated heterocycles. The maximum absolute atomic E-state index is 12.7. The van der Waals surface area contributed by atoms with Gasteiger partial charge in [0.1, 0.15) is 0 Å². The van der Waals surface area contributed by atoms with Crippen LogP contribution in [0.15, 0.2) is 91.5 Å². The van der Waals surface area contributed by atoms with Crippen molar-refractivity contribution in [2.75, 3.05) is 18.4 Å². The number of rotatable bonds is 11. The number of nitrogens with zero attached hydrogens (tertiary/aromatic N) is 1. The van der Waals surface area contributed by atoms with Crippen LogP contribution in [0, 0.1) is 5.92 Å². The number of amides is 2. The molecule has 0 bridgehead atoms. The number of anilines is 1. The molecule has 1 saturated carbocycles. The Labute approximate surface area is 249 Å². The van der Waals surface area contributed by atoms with Crippen molar-refractivity contribution >= 4 is 11.7 Å². The van der Waals surface area contributed by atoms with Gasteiger partial charge in [-0.1, -0.05) is 92.6 Å². The summed E-state index contributed by atoms with van der Waals surface area (Å²) in [6.07, 6.45) is 6.08. The Balaban J connectivity index is 1.34. The van der Waals surface area contributed by atoms with Gasteiger partial charge in [-0.3, -0.25) is 4.90 Å². The molecule has 1 aliphatic carbocycles. The van der Waals surface area contributed by atoms with Crippen molar-refractivity contribution in [1.82, 2.24) is 10.2 Å². The van der Waals surface area contributed by atoms with Crippen molar-refractivity contribution in [1.29, 1.82) is 0 Å². The Bertz CT molecular complexity index is 1290. The van der Waals surface area contributed by atoms with Gasteiger partial charge >= 0.3 is 6.03 Å². The summed E-state index contributed by atoms with van der Waals surface area (Å²) in [6.45, 7) is 8.29. The average molecular weight is 570 g/mol. The highest BCUT2D eigenvalue weighted by Gasteiger charge is 2.40. The van der Waals surface area contributed by atoms with E-state index in [4.69, 9.17) is 9.47 Å². The zero-order valence-corrected chi connectivity index (χ0v) is 24.5. The Morgan fingerprint density at radius 3 is 2.45 bits per heavy atom. The summed E-state index contributed by atoms with van der Waals surface area (Å²) in [6, 6.07) is 25.8. The molecule has 3 aromatic rings. The van der Waals surface area contributed by atoms with Crippen LogP contribution in [0.1, 0.15) is 67.3 Å². The number of aliphatic hydroxyl groups excluding tert-OH is 1. The predicted octanol–water partition coefficient (Wildman–Crippen LogP) is 6.72. The number of aliphatic hydroxyl groups is 1. The van der Waals surface area contributed by atoms with Crippen molar-refractivity contribution in [3.8, 4) is 0 Å². The molecule has 4 atom stereocenters. The molecule has 222 valence electrons. The Kier molecular flexibility index (Phi) is 10.4. The molecule has 2 aliphatic rings. The van der Waals surface area contributed by atoms with Crippen molar-refractivity contribution in [3.63, 3.8) is 0 Å². The van der Waals surface area contributed by atoms with Crippen LogP contribution >= 0.6 is 0 Å². The lowest BCUT2D eigenvalue weighted by Gasteiger charge is -2.43. The number of carbonyl (C=O) groups is 1. The summed E-state index contributed by atoms with van der Waals surface area (Å²) in [7, 11) is 0. The van der Waals surface area contributed by atoms with Crippen molar-refractivity contribution in [2.45, 2.75) is 70.3 Å². The lowest BCUT2D eigenvalue weighted by atomic mass is 9.89. The van der Waals surface area contributed by atoms with E-state index in [0.29, 0.717) is 18.3 Å². The fourth-order valence-electron chi connectivity index (χ4n) is 6.08. The van der Waals surface area contributed by atoms with Crippen LogP contribution in [0.25, 0.3) is 0 Å². The molecular formula is C35H43N3O4. The molecular weight excluding hydrogens is 526 g/mol. The van der Waals surface area contributed by atoms with Gasteiger partial charge < -0.3 is 25.2 Å². The molecule has 0 unspecified atom stereocenters. The van der Waals surface area contributed by atoms with Crippen molar-refractivity contribution < 1.29 is 19.4 Å². The van der Waals surface area contributed by atoms with Gasteiger partial charge in [-0.15, -0.1) is 6.58 Å². The molecule has 5 rings (SSSR count). The van der Waals surface area contributed by atoms with E-state index in [-0.39, 0.29) is 30.8 Å². The first-order chi connectivity index (χ1) is 20.5. The zero-order valence-electron chi connectivity index (χ0n) is 24.5. The quantitative estimate of drug-likeness (QED) is 0.223. The molecule has 2 fully saturated rings. The van der Waals surface area contributed by atoms with Gasteiger partial charge in [0, 0.05) is 42.8 Å². The first kappa shape index (κ1) is 30.0. The first-order valence-electron chi connectivity index (χ1n) is 15.1. The van der Waals surface area contributed by atoms with E-state index in [2.05, 4.69) is 29.0 Å². The third-order valence-corrected chi connectivity index (χ3v) is 8.46. The number of carbonyl (C=O) groups excluding carboxylic acids is 1. The predicted molar refractivity (Wildman–Crippen MR) is 166 cm³/mol. The largest absolute Gasteiger partial charge is 0.392 e. The summed E-state index contributed by atoms with van der Waals surface area (Å²) in [4.78, 5) is 15.2. The Morgan fingerprint density at radius 2 is 1.74 bits per heavy atom. The molecule has 2 amide bonds. The van der Waals surface area contributed by atoms with Crippen LogP contribution in [-0.4, -0.2) is 41.3 Å². The zero-order chi connectivity index (χ0) is 29.3. The third kappa shape index (κ3) is 7.66. The lowest BCUT2D eigenvalue weighted by molar-refractivity contribution is -0.276. The average Bonchev–Trinajstić information content (AvgIpc) is 3.57.